The Balaban J connectivity index is 2.09. The van der Waals surface area contributed by atoms with Crippen LogP contribution in [0.4, 0.5) is 4.79 Å². The minimum Gasteiger partial charge on any atom is -0.467 e. The lowest BCUT2D eigenvalue weighted by molar-refractivity contribution is -0.145. The maximum Gasteiger partial charge on any atom is 0.408 e. The highest BCUT2D eigenvalue weighted by Crippen LogP contribution is 2.14. The SMILES string of the molecule is COC(=O)[C@H](Cc1ccccc1)NC(=O)[C@@H](CSCc1ccccc1)NC(=O)OC(C)(C)C. The van der Waals surface area contributed by atoms with Crippen LogP contribution >= 0.6 is 11.8 Å². The Morgan fingerprint density at radius 1 is 0.879 bits per heavy atom. The van der Waals surface area contributed by atoms with Gasteiger partial charge in [-0.3, -0.25) is 4.79 Å². The molecular weight excluding hydrogens is 440 g/mol. The second-order valence-electron chi connectivity index (χ2n) is 8.47. The minimum absolute atomic E-state index is 0.273. The Labute approximate surface area is 199 Å². The highest BCUT2D eigenvalue weighted by atomic mass is 32.2. The largest absolute Gasteiger partial charge is 0.467 e. The predicted octanol–water partition coefficient (Wildman–Crippen LogP) is 3.71. The topological polar surface area (TPSA) is 93.7 Å². The van der Waals surface area contributed by atoms with Crippen LogP contribution in [0.15, 0.2) is 60.7 Å². The third kappa shape index (κ3) is 9.99. The summed E-state index contributed by atoms with van der Waals surface area (Å²) in [5.74, 6) is -0.0579. The molecule has 0 saturated heterocycles. The van der Waals surface area contributed by atoms with Crippen LogP contribution in [0.25, 0.3) is 0 Å². The molecule has 2 atom stereocenters. The Morgan fingerprint density at radius 2 is 1.45 bits per heavy atom. The Hall–Kier alpha value is -3.00. The maximum absolute atomic E-state index is 13.1. The van der Waals surface area contributed by atoms with E-state index in [-0.39, 0.29) is 6.42 Å². The van der Waals surface area contributed by atoms with Gasteiger partial charge in [0.15, 0.2) is 0 Å². The third-order valence-corrected chi connectivity index (χ3v) is 5.59. The maximum atomic E-state index is 13.1. The van der Waals surface area contributed by atoms with Crippen LogP contribution in [0.5, 0.6) is 0 Å². The van der Waals surface area contributed by atoms with E-state index in [0.717, 1.165) is 11.1 Å². The van der Waals surface area contributed by atoms with Gasteiger partial charge in [0.05, 0.1) is 7.11 Å². The normalized spacial score (nSPS) is 12.8. The summed E-state index contributed by atoms with van der Waals surface area (Å²) in [5, 5.41) is 5.38. The highest BCUT2D eigenvalue weighted by Gasteiger charge is 2.29. The molecule has 0 aliphatic heterocycles. The molecule has 2 aromatic carbocycles. The van der Waals surface area contributed by atoms with E-state index in [0.29, 0.717) is 11.5 Å². The number of hydrogen-bond acceptors (Lipinski definition) is 6. The average Bonchev–Trinajstić information content (AvgIpc) is 2.77. The first-order valence-corrected chi connectivity index (χ1v) is 11.9. The zero-order valence-electron chi connectivity index (χ0n) is 19.5. The van der Waals surface area contributed by atoms with Crippen molar-refractivity contribution in [3.05, 3.63) is 71.8 Å². The third-order valence-electron chi connectivity index (χ3n) is 4.49. The number of nitrogens with one attached hydrogen (secondary N) is 2. The van der Waals surface area contributed by atoms with Gasteiger partial charge in [0.25, 0.3) is 0 Å². The molecule has 33 heavy (non-hydrogen) atoms. The quantitative estimate of drug-likeness (QED) is 0.512. The first-order valence-electron chi connectivity index (χ1n) is 10.7. The fourth-order valence-electron chi connectivity index (χ4n) is 2.96. The molecule has 0 radical (unpaired) electrons. The summed E-state index contributed by atoms with van der Waals surface area (Å²) in [6, 6.07) is 17.4. The summed E-state index contributed by atoms with van der Waals surface area (Å²) >= 11 is 1.50. The van der Waals surface area contributed by atoms with Crippen LogP contribution in [0.2, 0.25) is 0 Å². The molecule has 0 aromatic heterocycles. The zero-order valence-corrected chi connectivity index (χ0v) is 20.3. The Bertz CT molecular complexity index is 900. The van der Waals surface area contributed by atoms with Crippen molar-refractivity contribution in [3.8, 4) is 0 Å². The lowest BCUT2D eigenvalue weighted by Crippen LogP contribution is -2.54. The van der Waals surface area contributed by atoms with Gasteiger partial charge in [-0.15, -0.1) is 0 Å². The van der Waals surface area contributed by atoms with E-state index in [1.165, 1.54) is 18.9 Å². The first-order chi connectivity index (χ1) is 15.7. The number of thioether (sulfide) groups is 1. The molecule has 0 bridgehead atoms. The van der Waals surface area contributed by atoms with Crippen LogP contribution < -0.4 is 10.6 Å². The van der Waals surface area contributed by atoms with Crippen molar-refractivity contribution in [3.63, 3.8) is 0 Å². The zero-order chi connectivity index (χ0) is 24.3. The van der Waals surface area contributed by atoms with Crippen molar-refractivity contribution >= 4 is 29.7 Å². The van der Waals surface area contributed by atoms with E-state index in [9.17, 15) is 14.4 Å². The molecule has 0 spiro atoms. The number of rotatable bonds is 10. The van der Waals surface area contributed by atoms with E-state index in [2.05, 4.69) is 10.6 Å². The summed E-state index contributed by atoms with van der Waals surface area (Å²) in [5.41, 5.74) is 1.28. The van der Waals surface area contributed by atoms with Gasteiger partial charge in [-0.2, -0.15) is 11.8 Å². The molecule has 0 saturated carbocycles. The minimum atomic E-state index is -0.892. The molecule has 178 valence electrons. The molecule has 2 rings (SSSR count). The molecule has 8 heteroatoms. The molecule has 0 aliphatic rings. The number of ether oxygens (including phenoxy) is 2. The molecule has 2 N–H and O–H groups in total. The number of carbonyl (C=O) groups is 3. The lowest BCUT2D eigenvalue weighted by Gasteiger charge is -2.25. The fraction of sp³-hybridized carbons (Fsp3) is 0.400. The highest BCUT2D eigenvalue weighted by molar-refractivity contribution is 7.98. The average molecular weight is 473 g/mol. The summed E-state index contributed by atoms with van der Waals surface area (Å²) in [6.07, 6.45) is -0.420. The van der Waals surface area contributed by atoms with E-state index < -0.39 is 35.7 Å². The fourth-order valence-corrected chi connectivity index (χ4v) is 3.98. The Kier molecular flexibility index (Phi) is 10.3. The van der Waals surface area contributed by atoms with Crippen molar-refractivity contribution < 1.29 is 23.9 Å². The predicted molar refractivity (Wildman–Crippen MR) is 130 cm³/mol. The van der Waals surface area contributed by atoms with Crippen LogP contribution in [0.1, 0.15) is 31.9 Å². The van der Waals surface area contributed by atoms with Gasteiger partial charge in [0.1, 0.15) is 17.7 Å². The number of carbonyl (C=O) groups excluding carboxylic acids is 3. The molecule has 7 nitrogen and oxygen atoms in total. The number of hydrogen-bond donors (Lipinski definition) is 2. The molecule has 0 aliphatic carbocycles. The van der Waals surface area contributed by atoms with Gasteiger partial charge in [-0.25, -0.2) is 9.59 Å². The van der Waals surface area contributed by atoms with Gasteiger partial charge in [-0.1, -0.05) is 60.7 Å². The number of methoxy groups -OCH3 is 1. The van der Waals surface area contributed by atoms with Crippen LogP contribution in [-0.4, -0.2) is 48.5 Å². The van der Waals surface area contributed by atoms with E-state index in [1.54, 1.807) is 20.8 Å². The van der Waals surface area contributed by atoms with E-state index >= 15 is 0 Å². The van der Waals surface area contributed by atoms with E-state index in [1.807, 2.05) is 60.7 Å². The van der Waals surface area contributed by atoms with Crippen LogP contribution in [0, 0.1) is 0 Å². The van der Waals surface area contributed by atoms with Crippen molar-refractivity contribution in [2.45, 2.75) is 50.6 Å². The first kappa shape index (κ1) is 26.3. The molecule has 0 heterocycles. The molecule has 2 amide bonds. The number of alkyl carbamates (subject to hydrolysis) is 1. The van der Waals surface area contributed by atoms with Crippen molar-refractivity contribution in [2.24, 2.45) is 0 Å². The van der Waals surface area contributed by atoms with E-state index in [4.69, 9.17) is 9.47 Å². The second-order valence-corrected chi connectivity index (χ2v) is 9.50. The molecular formula is C25H32N2O5S. The monoisotopic (exact) mass is 472 g/mol. The molecule has 0 fully saturated rings. The van der Waals surface area contributed by atoms with Gasteiger partial charge in [0.2, 0.25) is 5.91 Å². The van der Waals surface area contributed by atoms with Crippen LogP contribution in [-0.2, 0) is 31.2 Å². The summed E-state index contributed by atoms with van der Waals surface area (Å²) in [6.45, 7) is 5.25. The lowest BCUT2D eigenvalue weighted by atomic mass is 10.1. The smallest absolute Gasteiger partial charge is 0.408 e. The number of amides is 2. The van der Waals surface area contributed by atoms with Gasteiger partial charge < -0.3 is 20.1 Å². The van der Waals surface area contributed by atoms with Crippen molar-refractivity contribution in [1.82, 2.24) is 10.6 Å². The van der Waals surface area contributed by atoms with Crippen LogP contribution in [0.3, 0.4) is 0 Å². The van der Waals surface area contributed by atoms with Crippen molar-refractivity contribution in [2.75, 3.05) is 12.9 Å². The number of esters is 1. The van der Waals surface area contributed by atoms with Gasteiger partial charge in [-0.05, 0) is 31.9 Å². The molecule has 0 unspecified atom stereocenters. The standard InChI is InChI=1S/C25H32N2O5S/c1-25(2,3)32-24(30)27-21(17-33-16-19-13-9-6-10-14-19)22(28)26-20(23(29)31-4)15-18-11-7-5-8-12-18/h5-14,20-21H,15-17H2,1-4H3,(H,26,28)(H,27,30)/t20-,21+/m0/s1. The van der Waals surface area contributed by atoms with Crippen molar-refractivity contribution in [1.29, 1.82) is 0 Å². The second kappa shape index (κ2) is 12.9. The molecule has 2 aromatic rings. The Morgan fingerprint density at radius 3 is 2.00 bits per heavy atom. The van der Waals surface area contributed by atoms with Gasteiger partial charge in [0, 0.05) is 17.9 Å². The number of benzene rings is 2. The summed E-state index contributed by atoms with van der Waals surface area (Å²) in [7, 11) is 1.28. The van der Waals surface area contributed by atoms with Gasteiger partial charge >= 0.3 is 12.1 Å². The summed E-state index contributed by atoms with van der Waals surface area (Å²) < 4.78 is 10.2. The summed E-state index contributed by atoms with van der Waals surface area (Å²) in [4.78, 5) is 37.8.